The molecule has 0 aliphatic heterocycles. The summed E-state index contributed by atoms with van der Waals surface area (Å²) in [5.74, 6) is 0.448. The molecule has 0 fully saturated rings. The molecule has 0 radical (unpaired) electrons. The maximum Gasteiger partial charge on any atom is 0.224 e. The van der Waals surface area contributed by atoms with Gasteiger partial charge in [-0.15, -0.1) is 0 Å². The topological polar surface area (TPSA) is 29.1 Å². The van der Waals surface area contributed by atoms with Crippen molar-refractivity contribution in [3.63, 3.8) is 0 Å². The Morgan fingerprint density at radius 2 is 2.00 bits per heavy atom. The second-order valence-corrected chi connectivity index (χ2v) is 6.19. The summed E-state index contributed by atoms with van der Waals surface area (Å²) >= 11 is 14.0. The van der Waals surface area contributed by atoms with E-state index < -0.39 is 0 Å². The Hall–Kier alpha value is -0.0000000000000000555. The van der Waals surface area contributed by atoms with Crippen molar-refractivity contribution >= 4 is 51.7 Å². The number of rotatable bonds is 5. The van der Waals surface area contributed by atoms with E-state index in [-0.39, 0.29) is 11.9 Å². The first-order valence-corrected chi connectivity index (χ1v) is 8.01. The van der Waals surface area contributed by atoms with Crippen molar-refractivity contribution in [2.75, 3.05) is 4.43 Å². The maximum atomic E-state index is 11.9. The number of carbonyl (C=O) groups is 1. The molecule has 0 bridgehead atoms. The first-order chi connectivity index (χ1) is 8.43. The Labute approximate surface area is 132 Å². The summed E-state index contributed by atoms with van der Waals surface area (Å²) in [5.41, 5.74) is 0.873. The third-order valence-corrected chi connectivity index (χ3v) is 4.35. The lowest BCUT2D eigenvalue weighted by atomic mass is 10.1. The third kappa shape index (κ3) is 4.94. The average Bonchev–Trinajstić information content (AvgIpc) is 2.30. The highest BCUT2D eigenvalue weighted by Gasteiger charge is 2.15. The lowest BCUT2D eigenvalue weighted by molar-refractivity contribution is -0.121. The van der Waals surface area contributed by atoms with Gasteiger partial charge in [-0.05, 0) is 23.6 Å². The Kier molecular flexibility index (Phi) is 6.74. The largest absolute Gasteiger partial charge is 0.352 e. The van der Waals surface area contributed by atoms with Crippen molar-refractivity contribution in [2.24, 2.45) is 5.92 Å². The standard InChI is InChI=1S/C13H16Cl2INO/c1-8(2)12(7-16)17-13(18)6-9-3-4-10(14)11(15)5-9/h3-5,8,12H,6-7H2,1-2H3,(H,17,18). The Balaban J connectivity index is 2.61. The average molecular weight is 400 g/mol. The fourth-order valence-electron chi connectivity index (χ4n) is 1.48. The summed E-state index contributed by atoms with van der Waals surface area (Å²) in [6, 6.07) is 5.48. The second-order valence-electron chi connectivity index (χ2n) is 4.50. The molecule has 1 rings (SSSR count). The van der Waals surface area contributed by atoms with Gasteiger partial charge in [-0.3, -0.25) is 4.79 Å². The molecule has 0 aromatic heterocycles. The van der Waals surface area contributed by atoms with Crippen LogP contribution in [0.15, 0.2) is 18.2 Å². The van der Waals surface area contributed by atoms with Gasteiger partial charge >= 0.3 is 0 Å². The fraction of sp³-hybridized carbons (Fsp3) is 0.462. The highest BCUT2D eigenvalue weighted by Crippen LogP contribution is 2.22. The van der Waals surface area contributed by atoms with Crippen molar-refractivity contribution in [3.05, 3.63) is 33.8 Å². The first kappa shape index (κ1) is 16.1. The number of hydrogen-bond acceptors (Lipinski definition) is 1. The zero-order valence-corrected chi connectivity index (χ0v) is 14.0. The molecule has 100 valence electrons. The van der Waals surface area contributed by atoms with Gasteiger partial charge in [-0.2, -0.15) is 0 Å². The minimum Gasteiger partial charge on any atom is -0.352 e. The lowest BCUT2D eigenvalue weighted by Crippen LogP contribution is -2.40. The molecule has 5 heteroatoms. The summed E-state index contributed by atoms with van der Waals surface area (Å²) in [5, 5.41) is 4.02. The zero-order chi connectivity index (χ0) is 13.7. The van der Waals surface area contributed by atoms with Gasteiger partial charge in [0.15, 0.2) is 0 Å². The summed E-state index contributed by atoms with van der Waals surface area (Å²) in [6.07, 6.45) is 0.330. The van der Waals surface area contributed by atoms with Gasteiger partial charge in [0.1, 0.15) is 0 Å². The summed E-state index contributed by atoms with van der Waals surface area (Å²) < 4.78 is 0.905. The lowest BCUT2D eigenvalue weighted by Gasteiger charge is -2.20. The van der Waals surface area contributed by atoms with Gasteiger partial charge in [0.25, 0.3) is 0 Å². The van der Waals surface area contributed by atoms with E-state index in [0.717, 1.165) is 9.99 Å². The molecule has 0 saturated carbocycles. The molecule has 2 nitrogen and oxygen atoms in total. The van der Waals surface area contributed by atoms with Crippen LogP contribution in [0.25, 0.3) is 0 Å². The zero-order valence-electron chi connectivity index (χ0n) is 10.3. The van der Waals surface area contributed by atoms with Crippen LogP contribution in [-0.4, -0.2) is 16.4 Å². The van der Waals surface area contributed by atoms with E-state index in [4.69, 9.17) is 23.2 Å². The van der Waals surface area contributed by atoms with Crippen LogP contribution in [0.3, 0.4) is 0 Å². The van der Waals surface area contributed by atoms with E-state index in [0.29, 0.717) is 22.4 Å². The number of hydrogen-bond donors (Lipinski definition) is 1. The quantitative estimate of drug-likeness (QED) is 0.585. The minimum absolute atomic E-state index is 0.0174. The molecule has 0 aliphatic rings. The predicted molar refractivity (Wildman–Crippen MR) is 85.8 cm³/mol. The Morgan fingerprint density at radius 1 is 1.33 bits per heavy atom. The van der Waals surface area contributed by atoms with Crippen LogP contribution in [0.4, 0.5) is 0 Å². The monoisotopic (exact) mass is 399 g/mol. The van der Waals surface area contributed by atoms with Crippen LogP contribution < -0.4 is 5.32 Å². The number of halogens is 3. The number of alkyl halides is 1. The molecule has 0 aliphatic carbocycles. The van der Waals surface area contributed by atoms with E-state index >= 15 is 0 Å². The Morgan fingerprint density at radius 3 is 2.50 bits per heavy atom. The first-order valence-electron chi connectivity index (χ1n) is 5.73. The van der Waals surface area contributed by atoms with Crippen LogP contribution in [-0.2, 0) is 11.2 Å². The Bertz CT molecular complexity index is 423. The van der Waals surface area contributed by atoms with Crippen LogP contribution in [0.1, 0.15) is 19.4 Å². The van der Waals surface area contributed by atoms with Crippen LogP contribution in [0.5, 0.6) is 0 Å². The minimum atomic E-state index is 0.0174. The summed E-state index contributed by atoms with van der Waals surface area (Å²) in [4.78, 5) is 11.9. The number of nitrogens with one attached hydrogen (secondary N) is 1. The van der Waals surface area contributed by atoms with Crippen molar-refractivity contribution in [3.8, 4) is 0 Å². The SMILES string of the molecule is CC(C)C(CI)NC(=O)Cc1ccc(Cl)c(Cl)c1. The molecule has 1 atom stereocenters. The number of benzene rings is 1. The van der Waals surface area contributed by atoms with Crippen molar-refractivity contribution in [1.82, 2.24) is 5.32 Å². The molecular formula is C13H16Cl2INO. The van der Waals surface area contributed by atoms with Crippen LogP contribution in [0.2, 0.25) is 10.0 Å². The molecule has 1 aromatic rings. The molecule has 18 heavy (non-hydrogen) atoms. The molecule has 0 heterocycles. The normalized spacial score (nSPS) is 12.6. The van der Waals surface area contributed by atoms with E-state index in [1.165, 1.54) is 0 Å². The molecule has 1 N–H and O–H groups in total. The van der Waals surface area contributed by atoms with E-state index in [1.807, 2.05) is 6.07 Å². The molecular weight excluding hydrogens is 384 g/mol. The van der Waals surface area contributed by atoms with E-state index in [1.54, 1.807) is 12.1 Å². The van der Waals surface area contributed by atoms with Gasteiger partial charge in [-0.25, -0.2) is 0 Å². The fourth-order valence-corrected chi connectivity index (χ4v) is 3.03. The smallest absolute Gasteiger partial charge is 0.224 e. The van der Waals surface area contributed by atoms with Crippen molar-refractivity contribution in [2.45, 2.75) is 26.3 Å². The molecule has 1 unspecified atom stereocenters. The van der Waals surface area contributed by atoms with Crippen LogP contribution in [0, 0.1) is 5.92 Å². The van der Waals surface area contributed by atoms with Gasteiger partial charge in [0.2, 0.25) is 5.91 Å². The summed E-state index contributed by atoms with van der Waals surface area (Å²) in [6.45, 7) is 4.20. The van der Waals surface area contributed by atoms with Crippen molar-refractivity contribution < 1.29 is 4.79 Å². The highest BCUT2D eigenvalue weighted by molar-refractivity contribution is 14.1. The van der Waals surface area contributed by atoms with Gasteiger partial charge in [0, 0.05) is 10.5 Å². The molecule has 0 spiro atoms. The summed E-state index contributed by atoms with van der Waals surface area (Å²) in [7, 11) is 0. The molecule has 1 amide bonds. The third-order valence-electron chi connectivity index (χ3n) is 2.67. The molecule has 1 aromatic carbocycles. The maximum absolute atomic E-state index is 11.9. The van der Waals surface area contributed by atoms with Gasteiger partial charge in [-0.1, -0.05) is 65.7 Å². The van der Waals surface area contributed by atoms with Crippen molar-refractivity contribution in [1.29, 1.82) is 0 Å². The number of carbonyl (C=O) groups excluding carboxylic acids is 1. The van der Waals surface area contributed by atoms with Gasteiger partial charge in [0.05, 0.1) is 16.5 Å². The highest BCUT2D eigenvalue weighted by atomic mass is 127. The predicted octanol–water partition coefficient (Wildman–Crippen LogP) is 4.11. The van der Waals surface area contributed by atoms with E-state index in [9.17, 15) is 4.79 Å². The number of amides is 1. The second kappa shape index (κ2) is 7.56. The van der Waals surface area contributed by atoms with Gasteiger partial charge < -0.3 is 5.32 Å². The van der Waals surface area contributed by atoms with E-state index in [2.05, 4.69) is 41.8 Å². The molecule has 0 saturated heterocycles. The van der Waals surface area contributed by atoms with Crippen LogP contribution >= 0.6 is 45.8 Å².